The van der Waals surface area contributed by atoms with E-state index >= 15 is 0 Å². The molecule has 1 amide bonds. The van der Waals surface area contributed by atoms with E-state index in [1.807, 2.05) is 6.08 Å². The average Bonchev–Trinajstić information content (AvgIpc) is 3.39. The molecule has 14 nitrogen and oxygen atoms in total. The predicted molar refractivity (Wildman–Crippen MR) is 290 cm³/mol. The Morgan fingerprint density at radius 2 is 0.959 bits per heavy atom. The van der Waals surface area contributed by atoms with Crippen LogP contribution < -0.4 is 5.32 Å². The van der Waals surface area contributed by atoms with Gasteiger partial charge in [0, 0.05) is 6.42 Å². The second kappa shape index (κ2) is 44.1. The van der Waals surface area contributed by atoms with Crippen LogP contribution in [0.15, 0.2) is 97.2 Å². The molecule has 0 spiro atoms. The fourth-order valence-corrected chi connectivity index (χ4v) is 8.45. The standard InChI is InChI=1S/C59H99NO13/c1-3-5-7-9-11-13-15-17-18-19-20-21-22-23-24-25-26-27-28-29-30-31-33-35-37-39-41-43-51(64)60-47(48(63)42-40-38-36-34-32-16-14-12-10-8-6-4-2)46-70-58-56(69)54(67)57(50(45-62)72-58)73-59-55(68)53(66)52(65)49(44-61)71-59/h5,7,10-13,17-18,20-21,23-24,32,34,40,42,47-50,52-59,61-63,65-69H,3-4,6,8-9,14-16,19,22,25-31,33,35-39,41,43-46H2,1-2H3,(H,60,64)/b7-5-,12-10+,13-11-,18-17-,21-20-,24-23-,34-32+,42-40+. The van der Waals surface area contributed by atoms with Crippen LogP contribution in [0.2, 0.25) is 0 Å². The zero-order valence-electron chi connectivity index (χ0n) is 44.6. The second-order valence-corrected chi connectivity index (χ2v) is 19.3. The summed E-state index contributed by atoms with van der Waals surface area (Å²) in [6, 6.07) is -0.944. The van der Waals surface area contributed by atoms with Gasteiger partial charge in [-0.3, -0.25) is 4.79 Å². The van der Waals surface area contributed by atoms with Gasteiger partial charge in [-0.2, -0.15) is 0 Å². The third kappa shape index (κ3) is 30.3. The van der Waals surface area contributed by atoms with Gasteiger partial charge in [-0.25, -0.2) is 0 Å². The highest BCUT2D eigenvalue weighted by Crippen LogP contribution is 2.30. The van der Waals surface area contributed by atoms with Crippen LogP contribution in [0.3, 0.4) is 0 Å². The molecule has 0 saturated carbocycles. The van der Waals surface area contributed by atoms with E-state index in [-0.39, 0.29) is 18.9 Å². The van der Waals surface area contributed by atoms with E-state index in [1.54, 1.807) is 6.08 Å². The SMILES string of the molecule is CC/C=C\C/C=C\C/C=C\C/C=C\C/C=C\CCCCCCCCCCCCCC(=O)NC(COC1OC(CO)C(OC2OC(CO)C(O)C(O)C2O)C(O)C1O)C(O)/C=C/CC/C=C/CC/C=C/CCCC. The number of rotatable bonds is 42. The Labute approximate surface area is 439 Å². The van der Waals surface area contributed by atoms with Crippen LogP contribution in [-0.2, 0) is 23.7 Å². The number of nitrogens with one attached hydrogen (secondary N) is 1. The number of amides is 1. The van der Waals surface area contributed by atoms with Crippen molar-refractivity contribution in [2.75, 3.05) is 19.8 Å². The first-order valence-electron chi connectivity index (χ1n) is 28.0. The Morgan fingerprint density at radius 3 is 1.51 bits per heavy atom. The van der Waals surface area contributed by atoms with Crippen molar-refractivity contribution in [1.29, 1.82) is 0 Å². The molecule has 9 N–H and O–H groups in total. The molecule has 2 aliphatic rings. The molecule has 73 heavy (non-hydrogen) atoms. The van der Waals surface area contributed by atoms with Crippen molar-refractivity contribution >= 4 is 5.91 Å². The van der Waals surface area contributed by atoms with Crippen molar-refractivity contribution < 1.29 is 64.6 Å². The zero-order chi connectivity index (χ0) is 53.2. The first kappa shape index (κ1) is 66.0. The van der Waals surface area contributed by atoms with Gasteiger partial charge >= 0.3 is 0 Å². The minimum absolute atomic E-state index is 0.260. The molecule has 0 aliphatic carbocycles. The summed E-state index contributed by atoms with van der Waals surface area (Å²) >= 11 is 0. The molecule has 0 aromatic carbocycles. The molecule has 2 rings (SSSR count). The molecule has 12 unspecified atom stereocenters. The van der Waals surface area contributed by atoms with Crippen molar-refractivity contribution in [2.45, 2.75) is 248 Å². The molecule has 2 aliphatic heterocycles. The second-order valence-electron chi connectivity index (χ2n) is 19.3. The largest absolute Gasteiger partial charge is 0.394 e. The molecule has 2 fully saturated rings. The summed E-state index contributed by atoms with van der Waals surface area (Å²) in [5.41, 5.74) is 0. The highest BCUT2D eigenvalue weighted by molar-refractivity contribution is 5.76. The number of aliphatic hydroxyl groups excluding tert-OH is 8. The summed E-state index contributed by atoms with van der Waals surface area (Å²) in [6.45, 7) is 2.58. The Kier molecular flexibility index (Phi) is 39.9. The number of unbranched alkanes of at least 4 members (excludes halogenated alkanes) is 15. The van der Waals surface area contributed by atoms with Crippen molar-refractivity contribution in [3.63, 3.8) is 0 Å². The molecule has 0 bridgehead atoms. The fraction of sp³-hybridized carbons (Fsp3) is 0.712. The lowest BCUT2D eigenvalue weighted by atomic mass is 9.97. The molecule has 418 valence electrons. The Balaban J connectivity index is 1.74. The maximum Gasteiger partial charge on any atom is 0.220 e. The van der Waals surface area contributed by atoms with E-state index in [9.17, 15) is 45.6 Å². The van der Waals surface area contributed by atoms with Crippen LogP contribution in [0.1, 0.15) is 174 Å². The molecular weight excluding hydrogens is 931 g/mol. The van der Waals surface area contributed by atoms with Gasteiger partial charge in [-0.05, 0) is 83.5 Å². The van der Waals surface area contributed by atoms with Gasteiger partial charge in [-0.1, -0.05) is 182 Å². The summed E-state index contributed by atoms with van der Waals surface area (Å²) < 4.78 is 22.7. The Hall–Kier alpha value is -3.09. The summed E-state index contributed by atoms with van der Waals surface area (Å²) in [5, 5.41) is 86.8. The van der Waals surface area contributed by atoms with Gasteiger partial charge in [-0.15, -0.1) is 0 Å². The number of allylic oxidation sites excluding steroid dienone is 15. The lowest BCUT2D eigenvalue weighted by molar-refractivity contribution is -0.359. The quantitative estimate of drug-likeness (QED) is 0.0206. The van der Waals surface area contributed by atoms with E-state index in [0.29, 0.717) is 12.8 Å². The molecule has 0 aromatic rings. The maximum absolute atomic E-state index is 13.2. The normalized spacial score (nSPS) is 26.2. The van der Waals surface area contributed by atoms with Crippen molar-refractivity contribution in [3.05, 3.63) is 97.2 Å². The van der Waals surface area contributed by atoms with E-state index in [0.717, 1.165) is 83.5 Å². The van der Waals surface area contributed by atoms with Crippen LogP contribution in [0.5, 0.6) is 0 Å². The molecular formula is C59H99NO13. The van der Waals surface area contributed by atoms with E-state index in [1.165, 1.54) is 57.8 Å². The van der Waals surface area contributed by atoms with Crippen molar-refractivity contribution in [2.24, 2.45) is 0 Å². The number of hydrogen-bond donors (Lipinski definition) is 9. The lowest BCUT2D eigenvalue weighted by Gasteiger charge is -2.46. The van der Waals surface area contributed by atoms with Crippen LogP contribution in [-0.4, -0.2) is 140 Å². The van der Waals surface area contributed by atoms with E-state index in [4.69, 9.17) is 18.9 Å². The number of hydrogen-bond acceptors (Lipinski definition) is 13. The minimum Gasteiger partial charge on any atom is -0.394 e. The third-order valence-corrected chi connectivity index (χ3v) is 13.0. The first-order chi connectivity index (χ1) is 35.6. The van der Waals surface area contributed by atoms with Crippen molar-refractivity contribution in [1.82, 2.24) is 5.32 Å². The minimum atomic E-state index is -1.80. The highest BCUT2D eigenvalue weighted by atomic mass is 16.7. The molecule has 2 heterocycles. The number of carbonyl (C=O) groups excluding carboxylic acids is 1. The first-order valence-corrected chi connectivity index (χ1v) is 28.0. The molecule has 2 saturated heterocycles. The van der Waals surface area contributed by atoms with Crippen molar-refractivity contribution in [3.8, 4) is 0 Å². The summed E-state index contributed by atoms with van der Waals surface area (Å²) in [7, 11) is 0. The van der Waals surface area contributed by atoms with Crippen LogP contribution in [0.4, 0.5) is 0 Å². The van der Waals surface area contributed by atoms with Crippen LogP contribution in [0.25, 0.3) is 0 Å². The lowest BCUT2D eigenvalue weighted by Crippen LogP contribution is -2.65. The molecule has 14 heteroatoms. The Bertz CT molecular complexity index is 1590. The topological polar surface area (TPSA) is 228 Å². The number of carbonyl (C=O) groups is 1. The fourth-order valence-electron chi connectivity index (χ4n) is 8.45. The molecule has 0 aromatic heterocycles. The van der Waals surface area contributed by atoms with Gasteiger partial charge < -0.3 is 65.1 Å². The monoisotopic (exact) mass is 1030 g/mol. The van der Waals surface area contributed by atoms with Gasteiger partial charge in [0.05, 0.1) is 32.0 Å². The van der Waals surface area contributed by atoms with E-state index < -0.39 is 86.8 Å². The summed E-state index contributed by atoms with van der Waals surface area (Å²) in [5.74, 6) is -0.263. The summed E-state index contributed by atoms with van der Waals surface area (Å²) in [6.07, 6.45) is 43.1. The molecule has 0 radical (unpaired) electrons. The number of ether oxygens (including phenoxy) is 4. The van der Waals surface area contributed by atoms with Crippen LogP contribution >= 0.6 is 0 Å². The van der Waals surface area contributed by atoms with Gasteiger partial charge in [0.2, 0.25) is 5.91 Å². The number of aliphatic hydroxyl groups is 8. The van der Waals surface area contributed by atoms with Gasteiger partial charge in [0.1, 0.15) is 48.8 Å². The highest BCUT2D eigenvalue weighted by Gasteiger charge is 2.51. The molecule has 12 atom stereocenters. The van der Waals surface area contributed by atoms with Gasteiger partial charge in [0.25, 0.3) is 0 Å². The predicted octanol–water partition coefficient (Wildman–Crippen LogP) is 8.71. The average molecular weight is 1030 g/mol. The maximum atomic E-state index is 13.2. The van der Waals surface area contributed by atoms with Gasteiger partial charge in [0.15, 0.2) is 12.6 Å². The smallest absolute Gasteiger partial charge is 0.220 e. The summed E-state index contributed by atoms with van der Waals surface area (Å²) in [4.78, 5) is 13.2. The zero-order valence-corrected chi connectivity index (χ0v) is 44.6. The Morgan fingerprint density at radius 1 is 0.507 bits per heavy atom. The van der Waals surface area contributed by atoms with E-state index in [2.05, 4.69) is 104 Å². The van der Waals surface area contributed by atoms with Crippen LogP contribution in [0, 0.1) is 0 Å². The third-order valence-electron chi connectivity index (χ3n) is 13.0.